The minimum Gasteiger partial charge on any atom is -0.296 e. The summed E-state index contributed by atoms with van der Waals surface area (Å²) < 4.78 is 0. The van der Waals surface area contributed by atoms with Crippen LogP contribution in [-0.2, 0) is 14.4 Å². The molecule has 0 aromatic carbocycles. The van der Waals surface area contributed by atoms with E-state index in [2.05, 4.69) is 12.2 Å². The molecular weight excluding hydrogens is 290 g/mol. The van der Waals surface area contributed by atoms with Crippen molar-refractivity contribution in [2.75, 3.05) is 0 Å². The highest BCUT2D eigenvalue weighted by Gasteiger charge is 2.59. The first-order chi connectivity index (χ1) is 10.8. The Morgan fingerprint density at radius 3 is 2.57 bits per heavy atom. The molecule has 2 saturated carbocycles. The number of imide groups is 1. The number of carbonyl (C=O) groups excluding carboxylic acids is 3. The molecule has 2 amide bonds. The van der Waals surface area contributed by atoms with E-state index in [0.29, 0.717) is 24.7 Å². The van der Waals surface area contributed by atoms with Crippen LogP contribution in [0.1, 0.15) is 58.8 Å². The second-order valence-electron chi connectivity index (χ2n) is 8.51. The van der Waals surface area contributed by atoms with Gasteiger partial charge in [-0.2, -0.15) is 0 Å². The number of ketones is 1. The highest BCUT2D eigenvalue weighted by molar-refractivity contribution is 6.01. The van der Waals surface area contributed by atoms with Gasteiger partial charge in [0.1, 0.15) is 0 Å². The molecule has 1 heterocycles. The summed E-state index contributed by atoms with van der Waals surface area (Å²) in [5.41, 5.74) is 1.02. The number of fused-ring (bicyclic) bond motifs is 5. The number of hydrogen-bond donors (Lipinski definition) is 1. The van der Waals surface area contributed by atoms with Crippen LogP contribution in [0.15, 0.2) is 11.6 Å². The van der Waals surface area contributed by atoms with Crippen LogP contribution in [-0.4, -0.2) is 17.6 Å². The number of nitrogens with one attached hydrogen (secondary N) is 1. The van der Waals surface area contributed by atoms with Gasteiger partial charge in [0, 0.05) is 12.8 Å². The van der Waals surface area contributed by atoms with E-state index >= 15 is 0 Å². The van der Waals surface area contributed by atoms with Crippen molar-refractivity contribution >= 4 is 17.6 Å². The van der Waals surface area contributed by atoms with Gasteiger partial charge < -0.3 is 0 Å². The van der Waals surface area contributed by atoms with Gasteiger partial charge in [0.25, 0.3) is 0 Å². The number of allylic oxidation sites excluding steroid dienone is 2. The first-order valence-corrected chi connectivity index (χ1v) is 8.93. The standard InChI is InChI=1S/C19H25NO3/c1-18-7-5-12(21)9-11(18)3-4-13-14(18)6-8-19(2)15(13)10-16(22)20-17(19)23/h9,13-15H,3-8,10H2,1-2H3,(H,20,22,23)/t13-,14-,15+,18-,19+/m0/s1. The van der Waals surface area contributed by atoms with Crippen LogP contribution in [0.5, 0.6) is 0 Å². The lowest BCUT2D eigenvalue weighted by Crippen LogP contribution is -2.60. The van der Waals surface area contributed by atoms with Gasteiger partial charge >= 0.3 is 0 Å². The maximum absolute atomic E-state index is 12.5. The normalized spacial score (nSPS) is 46.3. The van der Waals surface area contributed by atoms with Crippen molar-refractivity contribution in [2.45, 2.75) is 58.8 Å². The minimum absolute atomic E-state index is 0.0671. The highest BCUT2D eigenvalue weighted by atomic mass is 16.2. The quantitative estimate of drug-likeness (QED) is 0.699. The van der Waals surface area contributed by atoms with Gasteiger partial charge in [-0.1, -0.05) is 19.4 Å². The predicted octanol–water partition coefficient (Wildman–Crippen LogP) is 2.77. The number of carbonyl (C=O) groups is 3. The van der Waals surface area contributed by atoms with Crippen molar-refractivity contribution in [3.05, 3.63) is 11.6 Å². The van der Waals surface area contributed by atoms with Crippen molar-refractivity contribution in [2.24, 2.45) is 28.6 Å². The summed E-state index contributed by atoms with van der Waals surface area (Å²) >= 11 is 0. The summed E-state index contributed by atoms with van der Waals surface area (Å²) in [5.74, 6) is 1.19. The molecule has 0 bridgehead atoms. The molecule has 3 aliphatic carbocycles. The molecule has 0 unspecified atom stereocenters. The van der Waals surface area contributed by atoms with Crippen LogP contribution in [0.2, 0.25) is 0 Å². The van der Waals surface area contributed by atoms with Gasteiger partial charge in [-0.25, -0.2) is 0 Å². The monoisotopic (exact) mass is 315 g/mol. The van der Waals surface area contributed by atoms with Gasteiger partial charge in [-0.3, -0.25) is 19.7 Å². The van der Waals surface area contributed by atoms with E-state index < -0.39 is 5.41 Å². The minimum atomic E-state index is -0.392. The Hall–Kier alpha value is -1.45. The summed E-state index contributed by atoms with van der Waals surface area (Å²) in [6.07, 6.45) is 7.80. The van der Waals surface area contributed by atoms with E-state index in [0.717, 1.165) is 32.1 Å². The maximum atomic E-state index is 12.5. The second kappa shape index (κ2) is 4.78. The topological polar surface area (TPSA) is 63.2 Å². The SMILES string of the molecule is C[C@@]12CC[C@H]3[C@H](CCC4=CC(=O)CC[C@@]43C)[C@H]1CC(=O)NC2=O. The van der Waals surface area contributed by atoms with Crippen LogP contribution in [0, 0.1) is 28.6 Å². The van der Waals surface area contributed by atoms with E-state index in [1.54, 1.807) is 0 Å². The van der Waals surface area contributed by atoms with Crippen LogP contribution in [0.25, 0.3) is 0 Å². The van der Waals surface area contributed by atoms with E-state index in [-0.39, 0.29) is 28.9 Å². The summed E-state index contributed by atoms with van der Waals surface area (Å²) in [5, 5.41) is 2.55. The Kier molecular flexibility index (Phi) is 3.14. The van der Waals surface area contributed by atoms with Crippen LogP contribution in [0.3, 0.4) is 0 Å². The number of piperidine rings is 1. The first-order valence-electron chi connectivity index (χ1n) is 8.93. The molecular formula is C19H25NO3. The molecule has 4 aliphatic rings. The molecule has 0 radical (unpaired) electrons. The molecule has 23 heavy (non-hydrogen) atoms. The Labute approximate surface area is 137 Å². The fourth-order valence-electron chi connectivity index (χ4n) is 6.06. The highest BCUT2D eigenvalue weighted by Crippen LogP contribution is 2.62. The number of rotatable bonds is 0. The third-order valence-electron chi connectivity index (χ3n) is 7.53. The van der Waals surface area contributed by atoms with Gasteiger partial charge in [0.15, 0.2) is 5.78 Å². The van der Waals surface area contributed by atoms with Crippen LogP contribution in [0.4, 0.5) is 0 Å². The van der Waals surface area contributed by atoms with Crippen molar-refractivity contribution < 1.29 is 14.4 Å². The Balaban J connectivity index is 1.71. The van der Waals surface area contributed by atoms with Gasteiger partial charge in [-0.05, 0) is 61.3 Å². The van der Waals surface area contributed by atoms with Gasteiger partial charge in [0.2, 0.25) is 11.8 Å². The first kappa shape index (κ1) is 15.1. The molecule has 0 spiro atoms. The van der Waals surface area contributed by atoms with E-state index in [9.17, 15) is 14.4 Å². The molecule has 5 atom stereocenters. The van der Waals surface area contributed by atoms with E-state index in [1.165, 1.54) is 5.57 Å². The molecule has 4 rings (SSSR count). The summed E-state index contributed by atoms with van der Waals surface area (Å²) in [4.78, 5) is 36.2. The summed E-state index contributed by atoms with van der Waals surface area (Å²) in [6.45, 7) is 4.36. The molecule has 1 saturated heterocycles. The molecule has 0 aromatic rings. The lowest BCUT2D eigenvalue weighted by atomic mass is 9.46. The Morgan fingerprint density at radius 2 is 1.78 bits per heavy atom. The zero-order valence-corrected chi connectivity index (χ0v) is 14.0. The molecule has 124 valence electrons. The zero-order valence-electron chi connectivity index (χ0n) is 14.0. The molecule has 1 aliphatic heterocycles. The van der Waals surface area contributed by atoms with Crippen LogP contribution >= 0.6 is 0 Å². The smallest absolute Gasteiger partial charge is 0.232 e. The number of hydrogen-bond acceptors (Lipinski definition) is 3. The van der Waals surface area contributed by atoms with Gasteiger partial charge in [-0.15, -0.1) is 0 Å². The molecule has 3 fully saturated rings. The zero-order chi connectivity index (χ0) is 16.4. The average Bonchev–Trinajstić information content (AvgIpc) is 2.49. The third kappa shape index (κ3) is 1.99. The largest absolute Gasteiger partial charge is 0.296 e. The fraction of sp³-hybridized carbons (Fsp3) is 0.737. The summed E-state index contributed by atoms with van der Waals surface area (Å²) in [7, 11) is 0. The van der Waals surface area contributed by atoms with Gasteiger partial charge in [0.05, 0.1) is 5.41 Å². The third-order valence-corrected chi connectivity index (χ3v) is 7.53. The Bertz CT molecular complexity index is 637. The predicted molar refractivity (Wildman–Crippen MR) is 85.2 cm³/mol. The number of amides is 2. The molecule has 1 N–H and O–H groups in total. The molecule has 0 aromatic heterocycles. The molecule has 4 heteroatoms. The second-order valence-corrected chi connectivity index (χ2v) is 8.51. The molecule has 4 nitrogen and oxygen atoms in total. The lowest BCUT2D eigenvalue weighted by molar-refractivity contribution is -0.156. The maximum Gasteiger partial charge on any atom is 0.232 e. The van der Waals surface area contributed by atoms with Crippen molar-refractivity contribution in [1.29, 1.82) is 0 Å². The lowest BCUT2D eigenvalue weighted by Gasteiger charge is -2.58. The van der Waals surface area contributed by atoms with Crippen molar-refractivity contribution in [3.63, 3.8) is 0 Å². The fourth-order valence-corrected chi connectivity index (χ4v) is 6.06. The van der Waals surface area contributed by atoms with Crippen molar-refractivity contribution in [3.8, 4) is 0 Å². The summed E-state index contributed by atoms with van der Waals surface area (Å²) in [6, 6.07) is 0. The van der Waals surface area contributed by atoms with E-state index in [4.69, 9.17) is 0 Å². The van der Waals surface area contributed by atoms with Crippen LogP contribution < -0.4 is 5.32 Å². The average molecular weight is 315 g/mol. The van der Waals surface area contributed by atoms with Crippen molar-refractivity contribution in [1.82, 2.24) is 5.32 Å². The van der Waals surface area contributed by atoms with E-state index in [1.807, 2.05) is 13.0 Å². The Morgan fingerprint density at radius 1 is 1.00 bits per heavy atom.